The average molecular weight is 340 g/mol. The number of carboxylic acids is 1. The molecule has 1 unspecified atom stereocenters. The molecule has 0 aliphatic carbocycles. The summed E-state index contributed by atoms with van der Waals surface area (Å²) in [7, 11) is 0. The van der Waals surface area contributed by atoms with Gasteiger partial charge in [0.15, 0.2) is 11.5 Å². The summed E-state index contributed by atoms with van der Waals surface area (Å²) in [4.78, 5) is 10.9. The summed E-state index contributed by atoms with van der Waals surface area (Å²) in [5, 5.41) is 8.99. The summed E-state index contributed by atoms with van der Waals surface area (Å²) in [6.07, 6.45) is 3.73. The molecule has 2 aromatic carbocycles. The number of carbonyl (C=O) groups is 1. The Balaban J connectivity index is 1.92. The van der Waals surface area contributed by atoms with Crippen LogP contribution in [0.4, 0.5) is 0 Å². The maximum atomic E-state index is 10.9. The number of fused-ring (bicyclic) bond motifs is 1. The highest BCUT2D eigenvalue weighted by Crippen LogP contribution is 2.47. The maximum Gasteiger partial charge on any atom is 0.307 e. The molecule has 0 aromatic heterocycles. The van der Waals surface area contributed by atoms with Crippen molar-refractivity contribution in [2.24, 2.45) is 0 Å². The Morgan fingerprint density at radius 3 is 2.32 bits per heavy atom. The summed E-state index contributed by atoms with van der Waals surface area (Å²) in [5.74, 6) is -0.391. The Kier molecular flexibility index (Phi) is 4.98. The number of aliphatic carboxylic acids is 1. The third-order valence-corrected chi connectivity index (χ3v) is 4.57. The van der Waals surface area contributed by atoms with E-state index in [0.717, 1.165) is 31.2 Å². The lowest BCUT2D eigenvalue weighted by molar-refractivity contribution is -0.136. The fourth-order valence-electron chi connectivity index (χ4n) is 3.15. The Hall–Kier alpha value is -2.49. The van der Waals surface area contributed by atoms with Gasteiger partial charge in [-0.05, 0) is 36.1 Å². The van der Waals surface area contributed by atoms with Gasteiger partial charge in [-0.1, -0.05) is 50.6 Å². The van der Waals surface area contributed by atoms with Crippen LogP contribution in [-0.2, 0) is 23.4 Å². The summed E-state index contributed by atoms with van der Waals surface area (Å²) in [6.45, 7) is 4.27. The van der Waals surface area contributed by atoms with Crippen LogP contribution in [0.5, 0.6) is 11.5 Å². The highest BCUT2D eigenvalue weighted by molar-refractivity contribution is 5.70. The van der Waals surface area contributed by atoms with Gasteiger partial charge in [0.2, 0.25) is 0 Å². The van der Waals surface area contributed by atoms with Gasteiger partial charge in [0.1, 0.15) is 0 Å². The Morgan fingerprint density at radius 1 is 1.00 bits per heavy atom. The van der Waals surface area contributed by atoms with Gasteiger partial charge < -0.3 is 14.6 Å². The third kappa shape index (κ3) is 3.63. The molecule has 1 aliphatic rings. The van der Waals surface area contributed by atoms with E-state index >= 15 is 0 Å². The second-order valence-corrected chi connectivity index (χ2v) is 6.46. The molecule has 2 aromatic rings. The zero-order chi connectivity index (χ0) is 17.9. The molecule has 0 spiro atoms. The van der Waals surface area contributed by atoms with Gasteiger partial charge >= 0.3 is 5.97 Å². The fourth-order valence-corrected chi connectivity index (χ4v) is 3.15. The van der Waals surface area contributed by atoms with Crippen molar-refractivity contribution in [2.45, 2.75) is 51.7 Å². The summed E-state index contributed by atoms with van der Waals surface area (Å²) in [6, 6.07) is 13.7. The molecule has 1 aliphatic heterocycles. The van der Waals surface area contributed by atoms with Crippen LogP contribution in [0, 0.1) is 0 Å². The van der Waals surface area contributed by atoms with E-state index in [2.05, 4.69) is 38.1 Å². The number of ether oxygens (including phenoxy) is 2. The van der Waals surface area contributed by atoms with Gasteiger partial charge in [-0.15, -0.1) is 0 Å². The summed E-state index contributed by atoms with van der Waals surface area (Å²) < 4.78 is 12.5. The molecule has 4 nitrogen and oxygen atoms in total. The van der Waals surface area contributed by atoms with Crippen LogP contribution in [0.3, 0.4) is 0 Å². The van der Waals surface area contributed by atoms with Crippen molar-refractivity contribution >= 4 is 5.97 Å². The summed E-state index contributed by atoms with van der Waals surface area (Å²) >= 11 is 0. The number of benzene rings is 2. The zero-order valence-electron chi connectivity index (χ0n) is 14.7. The van der Waals surface area contributed by atoms with Crippen molar-refractivity contribution in [3.8, 4) is 11.5 Å². The maximum absolute atomic E-state index is 10.9. The van der Waals surface area contributed by atoms with E-state index in [1.54, 1.807) is 12.1 Å². The predicted molar refractivity (Wildman–Crippen MR) is 96.1 cm³/mol. The van der Waals surface area contributed by atoms with Crippen LogP contribution in [-0.4, -0.2) is 11.1 Å². The van der Waals surface area contributed by atoms with Gasteiger partial charge in [0.25, 0.3) is 5.79 Å². The number of unbranched alkanes of at least 4 members (excludes halogenated alkanes) is 1. The van der Waals surface area contributed by atoms with E-state index < -0.39 is 11.8 Å². The lowest BCUT2D eigenvalue weighted by atomic mass is 9.98. The number of hydrogen-bond donors (Lipinski definition) is 1. The molecule has 0 saturated heterocycles. The van der Waals surface area contributed by atoms with Crippen LogP contribution in [0.25, 0.3) is 0 Å². The second-order valence-electron chi connectivity index (χ2n) is 6.46. The first kappa shape index (κ1) is 17.3. The van der Waals surface area contributed by atoms with Crippen molar-refractivity contribution in [1.82, 2.24) is 0 Å². The van der Waals surface area contributed by atoms with Crippen molar-refractivity contribution in [1.29, 1.82) is 0 Å². The number of carboxylic acid groups (broad SMARTS) is 1. The normalized spacial score (nSPS) is 18.3. The topological polar surface area (TPSA) is 55.8 Å². The molecule has 0 amide bonds. The van der Waals surface area contributed by atoms with Gasteiger partial charge in [-0.2, -0.15) is 0 Å². The molecule has 0 radical (unpaired) electrons. The van der Waals surface area contributed by atoms with Crippen LogP contribution < -0.4 is 9.47 Å². The zero-order valence-corrected chi connectivity index (χ0v) is 14.7. The number of rotatable bonds is 7. The first-order chi connectivity index (χ1) is 12.1. The van der Waals surface area contributed by atoms with Crippen molar-refractivity contribution in [3.63, 3.8) is 0 Å². The SMILES string of the molecule is CCCCC1(c2ccc(CC)cc2)Oc2ccc(CC(=O)O)cc2O1. The first-order valence-corrected chi connectivity index (χ1v) is 8.88. The monoisotopic (exact) mass is 340 g/mol. The van der Waals surface area contributed by atoms with E-state index in [-0.39, 0.29) is 6.42 Å². The molecule has 4 heteroatoms. The molecule has 1 N–H and O–H groups in total. The highest BCUT2D eigenvalue weighted by atomic mass is 16.7. The van der Waals surface area contributed by atoms with Gasteiger partial charge in [-0.3, -0.25) is 4.79 Å². The van der Waals surface area contributed by atoms with Crippen molar-refractivity contribution in [2.75, 3.05) is 0 Å². The molecule has 1 atom stereocenters. The molecule has 0 fully saturated rings. The summed E-state index contributed by atoms with van der Waals surface area (Å²) in [5.41, 5.74) is 2.98. The average Bonchev–Trinajstić information content (AvgIpc) is 2.98. The highest BCUT2D eigenvalue weighted by Gasteiger charge is 2.42. The minimum absolute atomic E-state index is 0.0240. The lowest BCUT2D eigenvalue weighted by Gasteiger charge is -2.28. The lowest BCUT2D eigenvalue weighted by Crippen LogP contribution is -2.35. The molecule has 132 valence electrons. The van der Waals surface area contributed by atoms with Crippen molar-refractivity contribution < 1.29 is 19.4 Å². The number of hydrogen-bond acceptors (Lipinski definition) is 3. The molecular weight excluding hydrogens is 316 g/mol. The predicted octanol–water partition coefficient (Wildman–Crippen LogP) is 4.69. The van der Waals surface area contributed by atoms with E-state index in [9.17, 15) is 4.79 Å². The first-order valence-electron chi connectivity index (χ1n) is 8.88. The quantitative estimate of drug-likeness (QED) is 0.794. The molecule has 25 heavy (non-hydrogen) atoms. The number of aryl methyl sites for hydroxylation is 1. The fraction of sp³-hybridized carbons (Fsp3) is 0.381. The van der Waals surface area contributed by atoms with Crippen LogP contribution in [0.2, 0.25) is 0 Å². The Morgan fingerprint density at radius 2 is 1.68 bits per heavy atom. The van der Waals surface area contributed by atoms with E-state index in [1.807, 2.05) is 6.07 Å². The van der Waals surface area contributed by atoms with Gasteiger partial charge in [0.05, 0.1) is 6.42 Å². The largest absolute Gasteiger partial charge is 0.481 e. The third-order valence-electron chi connectivity index (χ3n) is 4.57. The van der Waals surface area contributed by atoms with Gasteiger partial charge in [-0.25, -0.2) is 0 Å². The van der Waals surface area contributed by atoms with Gasteiger partial charge in [0, 0.05) is 12.0 Å². The minimum atomic E-state index is -0.855. The molecule has 0 bridgehead atoms. The van der Waals surface area contributed by atoms with E-state index in [0.29, 0.717) is 17.1 Å². The van der Waals surface area contributed by atoms with Crippen molar-refractivity contribution in [3.05, 3.63) is 59.2 Å². The van der Waals surface area contributed by atoms with E-state index in [4.69, 9.17) is 14.6 Å². The smallest absolute Gasteiger partial charge is 0.307 e. The second kappa shape index (κ2) is 7.18. The molecular formula is C21H24O4. The van der Waals surface area contributed by atoms with Crippen LogP contribution >= 0.6 is 0 Å². The Bertz CT molecular complexity index is 751. The minimum Gasteiger partial charge on any atom is -0.481 e. The molecule has 1 heterocycles. The van der Waals surface area contributed by atoms with Crippen LogP contribution in [0.1, 0.15) is 49.8 Å². The van der Waals surface area contributed by atoms with Crippen LogP contribution in [0.15, 0.2) is 42.5 Å². The molecule has 0 saturated carbocycles. The van der Waals surface area contributed by atoms with E-state index in [1.165, 1.54) is 5.56 Å². The standard InChI is InChI=1S/C21H24O4/c1-3-5-12-21(17-9-6-15(4-2)7-10-17)24-18-11-8-16(14-20(22)23)13-19(18)25-21/h6-11,13H,3-5,12,14H2,1-2H3,(H,22,23). The Labute approximate surface area is 148 Å². The molecule has 3 rings (SSSR count).